The molecule has 0 aliphatic rings. The van der Waals surface area contributed by atoms with Crippen molar-refractivity contribution in [3.8, 4) is 56.7 Å². The Hall–Kier alpha value is -8.48. The molecule has 2 heterocycles. The van der Waals surface area contributed by atoms with Gasteiger partial charge >= 0.3 is 0 Å². The molecular formula is C62H52N6. The summed E-state index contributed by atoms with van der Waals surface area (Å²) in [5, 5.41) is 4.56. The maximum Gasteiger partial charge on any atom is 0.164 e. The zero-order chi connectivity index (χ0) is 47.3. The Kier molecular flexibility index (Phi) is 12.9. The van der Waals surface area contributed by atoms with E-state index in [2.05, 4.69) is 162 Å². The van der Waals surface area contributed by atoms with Crippen LogP contribution >= 0.6 is 0 Å². The Morgan fingerprint density at radius 1 is 0.456 bits per heavy atom. The minimum Gasteiger partial charge on any atom is -0.208 e. The van der Waals surface area contributed by atoms with Gasteiger partial charge in [0.05, 0.1) is 0 Å². The first-order chi connectivity index (χ1) is 33.2. The number of fused-ring (bicyclic) bond motifs is 3. The molecule has 0 saturated heterocycles. The number of allylic oxidation sites excluding steroid dienone is 10. The van der Waals surface area contributed by atoms with E-state index < -0.39 is 0 Å². The van der Waals surface area contributed by atoms with Crippen LogP contribution in [0.2, 0.25) is 0 Å². The molecule has 0 aliphatic carbocycles. The normalized spacial score (nSPS) is 12.3. The molecule has 0 bridgehead atoms. The largest absolute Gasteiger partial charge is 0.208 e. The highest BCUT2D eigenvalue weighted by atomic mass is 15.0. The smallest absolute Gasteiger partial charge is 0.164 e. The van der Waals surface area contributed by atoms with Crippen molar-refractivity contribution in [2.24, 2.45) is 0 Å². The fourth-order valence-electron chi connectivity index (χ4n) is 8.75. The van der Waals surface area contributed by atoms with Crippen molar-refractivity contribution in [2.45, 2.75) is 41.5 Å². The molecule has 9 aromatic rings. The number of aromatic nitrogens is 6. The highest BCUT2D eigenvalue weighted by molar-refractivity contribution is 6.19. The summed E-state index contributed by atoms with van der Waals surface area (Å²) in [5.74, 6) is 3.64. The maximum absolute atomic E-state index is 5.10. The monoisotopic (exact) mass is 880 g/mol. The van der Waals surface area contributed by atoms with Gasteiger partial charge in [-0.25, -0.2) is 29.9 Å². The molecule has 0 unspecified atom stereocenters. The molecule has 9 rings (SSSR count). The zero-order valence-electron chi connectivity index (χ0n) is 39.4. The molecule has 0 saturated carbocycles. The maximum atomic E-state index is 5.10. The summed E-state index contributed by atoms with van der Waals surface area (Å²) < 4.78 is 0. The molecule has 0 atom stereocenters. The Morgan fingerprint density at radius 3 is 1.41 bits per heavy atom. The van der Waals surface area contributed by atoms with Crippen molar-refractivity contribution in [1.82, 2.24) is 29.9 Å². The Bertz CT molecular complexity index is 3490. The van der Waals surface area contributed by atoms with E-state index in [4.69, 9.17) is 36.5 Å². The van der Waals surface area contributed by atoms with Crippen molar-refractivity contribution in [1.29, 1.82) is 0 Å². The molecule has 6 heteroatoms. The van der Waals surface area contributed by atoms with Gasteiger partial charge in [-0.3, -0.25) is 0 Å². The summed E-state index contributed by atoms with van der Waals surface area (Å²) in [4.78, 5) is 30.4. The van der Waals surface area contributed by atoms with Crippen molar-refractivity contribution in [2.75, 3.05) is 0 Å². The average Bonchev–Trinajstić information content (AvgIpc) is 3.37. The Morgan fingerprint density at radius 2 is 0.897 bits per heavy atom. The van der Waals surface area contributed by atoms with Crippen molar-refractivity contribution in [3.63, 3.8) is 0 Å². The standard InChI is InChI=1S/C62H52N6/c1-9-22-47(39(4)10-2)59-65-58(66-62(67-59)50-28-17-14-25-42(50)7)46-37-35-45(36-38-46)56-54-32-21-19-30-52(54)51-29-18-20-31-53(51)55(56)43(8)33-34-44(11-3)57-63-60(48-26-15-12-23-40(48)5)68-61(64-57)49-27-16-13-24-41(49)6/h9-38H,1,8H2,2-7H3/b34-33-,39-10-,44-11+,47-22+. The number of hydrogen-bond acceptors (Lipinski definition) is 6. The van der Waals surface area contributed by atoms with Gasteiger partial charge in [0.1, 0.15) is 0 Å². The highest BCUT2D eigenvalue weighted by Crippen LogP contribution is 2.43. The Labute approximate surface area is 399 Å². The fraction of sp³-hybridized carbons (Fsp3) is 0.0968. The molecule has 6 nitrogen and oxygen atoms in total. The van der Waals surface area contributed by atoms with Crippen molar-refractivity contribution >= 4 is 38.3 Å². The minimum absolute atomic E-state index is 0.585. The number of aryl methyl sites for hydroxylation is 3. The molecular weight excluding hydrogens is 829 g/mol. The van der Waals surface area contributed by atoms with Gasteiger partial charge in [0.25, 0.3) is 0 Å². The van der Waals surface area contributed by atoms with Crippen LogP contribution in [0.25, 0.3) is 94.9 Å². The summed E-state index contributed by atoms with van der Waals surface area (Å²) in [6.45, 7) is 21.1. The molecule has 7 aromatic carbocycles. The number of rotatable bonds is 12. The molecule has 0 radical (unpaired) electrons. The third-order valence-electron chi connectivity index (χ3n) is 12.5. The molecule has 68 heavy (non-hydrogen) atoms. The summed E-state index contributed by atoms with van der Waals surface area (Å²) in [6.07, 6.45) is 12.0. The third kappa shape index (κ3) is 8.80. The SMILES string of the molecule is C=C/C=C(\C(C)=C/C)c1nc(-c2ccc(-c3c(C(=C)/C=C\C(=C/C)c4nc(-c5ccccc5C)nc(-c5ccccc5C)n4)c4ccccc4c4ccccc34)cc2)nc(-c2ccccc2C)n1. The summed E-state index contributed by atoms with van der Waals surface area (Å²) in [6, 6.07) is 50.4. The molecule has 0 spiro atoms. The molecule has 330 valence electrons. The van der Waals surface area contributed by atoms with E-state index in [0.29, 0.717) is 34.9 Å². The molecule has 2 aromatic heterocycles. The van der Waals surface area contributed by atoms with E-state index in [1.54, 1.807) is 6.08 Å². The zero-order valence-corrected chi connectivity index (χ0v) is 39.4. The van der Waals surface area contributed by atoms with Gasteiger partial charge in [-0.2, -0.15) is 0 Å². The Balaban J connectivity index is 1.17. The first kappa shape index (κ1) is 44.7. The van der Waals surface area contributed by atoms with Crippen molar-refractivity contribution in [3.05, 3.63) is 235 Å². The molecule has 0 N–H and O–H groups in total. The van der Waals surface area contributed by atoms with Crippen LogP contribution < -0.4 is 0 Å². The van der Waals surface area contributed by atoms with Crippen LogP contribution in [0, 0.1) is 20.8 Å². The summed E-state index contributed by atoms with van der Waals surface area (Å²) in [7, 11) is 0. The minimum atomic E-state index is 0.585. The van der Waals surface area contributed by atoms with Gasteiger partial charge in [-0.1, -0.05) is 195 Å². The van der Waals surface area contributed by atoms with Crippen LogP contribution in [0.5, 0.6) is 0 Å². The predicted octanol–water partition coefficient (Wildman–Crippen LogP) is 15.8. The second kappa shape index (κ2) is 19.5. The number of hydrogen-bond donors (Lipinski definition) is 0. The molecule has 0 aliphatic heterocycles. The van der Waals surface area contributed by atoms with E-state index in [1.807, 2.05) is 62.4 Å². The van der Waals surface area contributed by atoms with Gasteiger partial charge in [0.2, 0.25) is 0 Å². The average molecular weight is 881 g/mol. The van der Waals surface area contributed by atoms with Crippen molar-refractivity contribution < 1.29 is 0 Å². The van der Waals surface area contributed by atoms with Gasteiger partial charge in [-0.05, 0) is 108 Å². The molecule has 0 fully saturated rings. The van der Waals surface area contributed by atoms with Gasteiger partial charge in [0.15, 0.2) is 34.9 Å². The van der Waals surface area contributed by atoms with Crippen LogP contribution in [0.3, 0.4) is 0 Å². The van der Waals surface area contributed by atoms with Gasteiger partial charge < -0.3 is 0 Å². The van der Waals surface area contributed by atoms with Gasteiger partial charge in [0, 0.05) is 33.4 Å². The topological polar surface area (TPSA) is 77.3 Å². The van der Waals surface area contributed by atoms with Gasteiger partial charge in [-0.15, -0.1) is 0 Å². The lowest BCUT2D eigenvalue weighted by atomic mass is 9.85. The van der Waals surface area contributed by atoms with E-state index in [0.717, 1.165) is 94.1 Å². The number of nitrogens with zero attached hydrogens (tertiary/aromatic N) is 6. The third-order valence-corrected chi connectivity index (χ3v) is 12.5. The van der Waals surface area contributed by atoms with E-state index in [-0.39, 0.29) is 0 Å². The first-order valence-corrected chi connectivity index (χ1v) is 22.9. The number of benzene rings is 7. The quantitative estimate of drug-likeness (QED) is 0.0898. The van der Waals surface area contributed by atoms with E-state index in [9.17, 15) is 0 Å². The lowest BCUT2D eigenvalue weighted by Crippen LogP contribution is -2.04. The lowest BCUT2D eigenvalue weighted by molar-refractivity contribution is 1.03. The lowest BCUT2D eigenvalue weighted by Gasteiger charge is -2.19. The van der Waals surface area contributed by atoms with Crippen LogP contribution in [0.4, 0.5) is 0 Å². The van der Waals surface area contributed by atoms with Crippen LogP contribution in [0.15, 0.2) is 201 Å². The molecule has 0 amide bonds. The highest BCUT2D eigenvalue weighted by Gasteiger charge is 2.20. The van der Waals surface area contributed by atoms with Crippen LogP contribution in [-0.4, -0.2) is 29.9 Å². The fourth-order valence-corrected chi connectivity index (χ4v) is 8.75. The van der Waals surface area contributed by atoms with Crippen LogP contribution in [-0.2, 0) is 0 Å². The second-order valence-corrected chi connectivity index (χ2v) is 16.9. The predicted molar refractivity (Wildman–Crippen MR) is 285 cm³/mol. The van der Waals surface area contributed by atoms with E-state index >= 15 is 0 Å². The first-order valence-electron chi connectivity index (χ1n) is 22.9. The summed E-state index contributed by atoms with van der Waals surface area (Å²) >= 11 is 0. The van der Waals surface area contributed by atoms with Crippen LogP contribution in [0.1, 0.15) is 54.7 Å². The second-order valence-electron chi connectivity index (χ2n) is 16.9. The van der Waals surface area contributed by atoms with E-state index in [1.165, 1.54) is 5.39 Å². The summed E-state index contributed by atoms with van der Waals surface area (Å²) in [5.41, 5.74) is 13.9.